The van der Waals surface area contributed by atoms with Crippen LogP contribution in [0.3, 0.4) is 0 Å². The van der Waals surface area contributed by atoms with Gasteiger partial charge in [0, 0.05) is 12.6 Å². The number of aryl methyl sites for hydroxylation is 1. The van der Waals surface area contributed by atoms with Crippen LogP contribution < -0.4 is 4.74 Å². The van der Waals surface area contributed by atoms with E-state index in [-0.39, 0.29) is 11.5 Å². The highest BCUT2D eigenvalue weighted by molar-refractivity contribution is 7.89. The Bertz CT molecular complexity index is 936. The predicted molar refractivity (Wildman–Crippen MR) is 102 cm³/mol. The normalized spacial score (nSPS) is 25.6. The molecule has 2 aliphatic rings. The van der Waals surface area contributed by atoms with Gasteiger partial charge < -0.3 is 4.74 Å². The molecule has 5 heteroatoms. The van der Waals surface area contributed by atoms with Gasteiger partial charge in [0.25, 0.3) is 0 Å². The smallest absolute Gasteiger partial charge is 0.243 e. The first-order valence-corrected chi connectivity index (χ1v) is 10.5. The highest BCUT2D eigenvalue weighted by atomic mass is 32.2. The number of methoxy groups -OCH3 is 1. The standard InChI is InChI=1S/C21H25NO3S/c1-15-4-8-19(9-5-15)26(23,24)22-11-10-21(2)14-17(22)12-16-6-7-18(25-3)13-20(16)21/h4-9,13,17H,10-12,14H2,1-3H3/t17-,21-/m0/s1. The molecular formula is C21H25NO3S. The Kier molecular flexibility index (Phi) is 4.12. The quantitative estimate of drug-likeness (QED) is 0.827. The molecule has 1 heterocycles. The van der Waals surface area contributed by atoms with Gasteiger partial charge in [-0.25, -0.2) is 8.42 Å². The van der Waals surface area contributed by atoms with Crippen molar-refractivity contribution in [2.24, 2.45) is 0 Å². The van der Waals surface area contributed by atoms with Crippen LogP contribution in [0.5, 0.6) is 5.75 Å². The van der Waals surface area contributed by atoms with Crippen LogP contribution in [-0.2, 0) is 21.9 Å². The Morgan fingerprint density at radius 2 is 1.88 bits per heavy atom. The predicted octanol–water partition coefficient (Wildman–Crippen LogP) is 3.67. The van der Waals surface area contributed by atoms with Crippen LogP contribution in [0.1, 0.15) is 36.5 Å². The minimum Gasteiger partial charge on any atom is -0.497 e. The van der Waals surface area contributed by atoms with Crippen molar-refractivity contribution in [3.05, 3.63) is 59.2 Å². The van der Waals surface area contributed by atoms with Gasteiger partial charge in [0.1, 0.15) is 5.75 Å². The molecule has 0 saturated carbocycles. The number of piperidine rings is 1. The van der Waals surface area contributed by atoms with E-state index >= 15 is 0 Å². The molecule has 2 aromatic rings. The number of sulfonamides is 1. The summed E-state index contributed by atoms with van der Waals surface area (Å²) in [7, 11) is -1.78. The third-order valence-electron chi connectivity index (χ3n) is 6.03. The molecule has 4 rings (SSSR count). The van der Waals surface area contributed by atoms with E-state index < -0.39 is 10.0 Å². The molecule has 0 unspecified atom stereocenters. The molecule has 0 aromatic heterocycles. The maximum absolute atomic E-state index is 13.2. The van der Waals surface area contributed by atoms with Crippen LogP contribution in [0.2, 0.25) is 0 Å². The summed E-state index contributed by atoms with van der Waals surface area (Å²) >= 11 is 0. The Hall–Kier alpha value is -1.85. The number of fused-ring (bicyclic) bond motifs is 4. The summed E-state index contributed by atoms with van der Waals surface area (Å²) in [6, 6.07) is 13.4. The van der Waals surface area contributed by atoms with Crippen LogP contribution in [0, 0.1) is 6.92 Å². The SMILES string of the molecule is COc1ccc2c(c1)[C@@]1(C)CCN(S(=O)(=O)c3ccc(C)cc3)[C@@H](C2)C1. The molecule has 26 heavy (non-hydrogen) atoms. The van der Waals surface area contributed by atoms with Gasteiger partial charge in [-0.2, -0.15) is 4.31 Å². The Labute approximate surface area is 155 Å². The summed E-state index contributed by atoms with van der Waals surface area (Å²) in [5.74, 6) is 0.873. The molecule has 2 aromatic carbocycles. The molecule has 2 atom stereocenters. The fraction of sp³-hybridized carbons (Fsp3) is 0.429. The molecule has 138 valence electrons. The van der Waals surface area contributed by atoms with Gasteiger partial charge in [-0.3, -0.25) is 0 Å². The topological polar surface area (TPSA) is 46.6 Å². The largest absolute Gasteiger partial charge is 0.497 e. The molecule has 0 amide bonds. The zero-order valence-corrected chi connectivity index (χ0v) is 16.3. The van der Waals surface area contributed by atoms with Crippen molar-refractivity contribution >= 4 is 10.0 Å². The van der Waals surface area contributed by atoms with E-state index in [0.717, 1.165) is 30.6 Å². The van der Waals surface area contributed by atoms with Crippen LogP contribution >= 0.6 is 0 Å². The Morgan fingerprint density at radius 1 is 1.15 bits per heavy atom. The third kappa shape index (κ3) is 2.74. The summed E-state index contributed by atoms with van der Waals surface area (Å²) in [4.78, 5) is 0.396. The van der Waals surface area contributed by atoms with Crippen LogP contribution in [0.25, 0.3) is 0 Å². The minimum atomic E-state index is -3.46. The van der Waals surface area contributed by atoms with E-state index in [9.17, 15) is 8.42 Å². The summed E-state index contributed by atoms with van der Waals surface area (Å²) < 4.78 is 33.6. The molecule has 1 aliphatic carbocycles. The number of benzene rings is 2. The molecule has 0 N–H and O–H groups in total. The Balaban J connectivity index is 1.70. The molecular weight excluding hydrogens is 346 g/mol. The second kappa shape index (κ2) is 6.10. The maximum atomic E-state index is 13.2. The molecule has 0 radical (unpaired) electrons. The molecule has 0 spiro atoms. The average Bonchev–Trinajstić information content (AvgIpc) is 2.61. The number of rotatable bonds is 3. The molecule has 1 fully saturated rings. The van der Waals surface area contributed by atoms with Crippen molar-refractivity contribution in [1.82, 2.24) is 4.31 Å². The van der Waals surface area contributed by atoms with Crippen molar-refractivity contribution < 1.29 is 13.2 Å². The number of nitrogens with zero attached hydrogens (tertiary/aromatic N) is 1. The highest BCUT2D eigenvalue weighted by Crippen LogP contribution is 2.46. The molecule has 1 saturated heterocycles. The van der Waals surface area contributed by atoms with Crippen molar-refractivity contribution in [3.8, 4) is 5.75 Å². The van der Waals surface area contributed by atoms with Crippen molar-refractivity contribution in [3.63, 3.8) is 0 Å². The van der Waals surface area contributed by atoms with Gasteiger partial charge >= 0.3 is 0 Å². The Morgan fingerprint density at radius 3 is 2.58 bits per heavy atom. The maximum Gasteiger partial charge on any atom is 0.243 e. The van der Waals surface area contributed by atoms with E-state index in [1.807, 2.05) is 25.1 Å². The van der Waals surface area contributed by atoms with E-state index in [0.29, 0.717) is 11.4 Å². The zero-order chi connectivity index (χ0) is 18.5. The van der Waals surface area contributed by atoms with E-state index in [2.05, 4.69) is 19.1 Å². The molecule has 2 bridgehead atoms. The van der Waals surface area contributed by atoms with Crippen LogP contribution in [-0.4, -0.2) is 32.4 Å². The summed E-state index contributed by atoms with van der Waals surface area (Å²) in [5.41, 5.74) is 3.64. The fourth-order valence-electron chi connectivity index (χ4n) is 4.52. The minimum absolute atomic E-state index is 0.00604. The first-order valence-electron chi connectivity index (χ1n) is 9.09. The first kappa shape index (κ1) is 17.6. The lowest BCUT2D eigenvalue weighted by Crippen LogP contribution is -2.53. The van der Waals surface area contributed by atoms with Crippen LogP contribution in [0.4, 0.5) is 0 Å². The van der Waals surface area contributed by atoms with Gasteiger partial charge in [-0.05, 0) is 67.0 Å². The summed E-state index contributed by atoms with van der Waals surface area (Å²) in [6.45, 7) is 4.79. The van der Waals surface area contributed by atoms with Crippen molar-refractivity contribution in [2.75, 3.05) is 13.7 Å². The van der Waals surface area contributed by atoms with E-state index in [4.69, 9.17) is 4.74 Å². The second-order valence-corrected chi connectivity index (χ2v) is 9.72. The average molecular weight is 372 g/mol. The lowest BCUT2D eigenvalue weighted by Gasteiger charge is -2.49. The van der Waals surface area contributed by atoms with E-state index in [1.165, 1.54) is 11.1 Å². The number of hydrogen-bond acceptors (Lipinski definition) is 3. The third-order valence-corrected chi connectivity index (χ3v) is 7.99. The fourth-order valence-corrected chi connectivity index (χ4v) is 6.14. The highest BCUT2D eigenvalue weighted by Gasteiger charge is 2.46. The number of ether oxygens (including phenoxy) is 1. The van der Waals surface area contributed by atoms with E-state index in [1.54, 1.807) is 23.5 Å². The second-order valence-electron chi connectivity index (χ2n) is 7.82. The van der Waals surface area contributed by atoms with Gasteiger partial charge in [-0.15, -0.1) is 0 Å². The monoisotopic (exact) mass is 371 g/mol. The van der Waals surface area contributed by atoms with Crippen molar-refractivity contribution in [2.45, 2.75) is 49.5 Å². The van der Waals surface area contributed by atoms with Gasteiger partial charge in [-0.1, -0.05) is 30.7 Å². The molecule has 4 nitrogen and oxygen atoms in total. The van der Waals surface area contributed by atoms with Crippen molar-refractivity contribution in [1.29, 1.82) is 0 Å². The lowest BCUT2D eigenvalue weighted by atomic mass is 9.65. The zero-order valence-electron chi connectivity index (χ0n) is 15.5. The summed E-state index contributed by atoms with van der Waals surface area (Å²) in [5, 5.41) is 0. The van der Waals surface area contributed by atoms with Gasteiger partial charge in [0.05, 0.1) is 12.0 Å². The van der Waals surface area contributed by atoms with Gasteiger partial charge in [0.2, 0.25) is 10.0 Å². The lowest BCUT2D eigenvalue weighted by molar-refractivity contribution is 0.161. The van der Waals surface area contributed by atoms with Crippen LogP contribution in [0.15, 0.2) is 47.4 Å². The number of hydrogen-bond donors (Lipinski definition) is 0. The first-order chi connectivity index (χ1) is 12.3. The van der Waals surface area contributed by atoms with Gasteiger partial charge in [0.15, 0.2) is 0 Å². The molecule has 1 aliphatic heterocycles. The summed E-state index contributed by atoms with van der Waals surface area (Å²) in [6.07, 6.45) is 2.45.